The number of nitrogens with two attached hydrogens (primary N) is 1. The minimum Gasteiger partial charge on any atom is -0.368 e. The van der Waals surface area contributed by atoms with Gasteiger partial charge >= 0.3 is 0 Å². The molecular formula is C10H12N2O. The molecule has 3 nitrogen and oxygen atoms in total. The van der Waals surface area contributed by atoms with Crippen molar-refractivity contribution in [1.82, 2.24) is 4.98 Å². The van der Waals surface area contributed by atoms with Crippen LogP contribution in [0.1, 0.15) is 18.4 Å². The maximum absolute atomic E-state index is 6.03. The second kappa shape index (κ2) is 2.11. The predicted octanol–water partition coefficient (Wildman–Crippen LogP) is 0.798. The first kappa shape index (κ1) is 7.47. The van der Waals surface area contributed by atoms with Crippen molar-refractivity contribution in [3.8, 4) is 0 Å². The molecule has 0 atom stereocenters. The first-order valence-corrected chi connectivity index (χ1v) is 4.56. The first-order chi connectivity index (χ1) is 6.23. The maximum Gasteiger partial charge on any atom is 0.0970 e. The van der Waals surface area contributed by atoms with Crippen LogP contribution >= 0.6 is 0 Å². The highest BCUT2D eigenvalue weighted by Crippen LogP contribution is 2.56. The van der Waals surface area contributed by atoms with Crippen LogP contribution in [0.4, 0.5) is 0 Å². The lowest BCUT2D eigenvalue weighted by Crippen LogP contribution is -2.53. The third kappa shape index (κ3) is 0.885. The molecule has 3 heterocycles. The van der Waals surface area contributed by atoms with E-state index in [9.17, 15) is 0 Å². The summed E-state index contributed by atoms with van der Waals surface area (Å²) >= 11 is 0. The lowest BCUT2D eigenvalue weighted by Gasteiger charge is -2.42. The van der Waals surface area contributed by atoms with Crippen LogP contribution in [0.25, 0.3) is 0 Å². The Hall–Kier alpha value is -0.930. The highest BCUT2D eigenvalue weighted by Gasteiger charge is 2.61. The summed E-state index contributed by atoms with van der Waals surface area (Å²) < 4.78 is 5.75. The molecule has 1 aliphatic carbocycles. The molecule has 68 valence electrons. The SMILES string of the molecule is NC12COC(c3ccncc3)(C1)C2. The molecular weight excluding hydrogens is 164 g/mol. The number of aromatic nitrogens is 1. The van der Waals surface area contributed by atoms with Gasteiger partial charge in [0.1, 0.15) is 0 Å². The molecule has 3 fully saturated rings. The van der Waals surface area contributed by atoms with Crippen molar-refractivity contribution < 1.29 is 4.74 Å². The Labute approximate surface area is 76.9 Å². The van der Waals surface area contributed by atoms with E-state index < -0.39 is 0 Å². The highest BCUT2D eigenvalue weighted by atomic mass is 16.5. The molecule has 4 rings (SSSR count). The van der Waals surface area contributed by atoms with Crippen LogP contribution in [0, 0.1) is 0 Å². The average Bonchev–Trinajstić information content (AvgIpc) is 2.61. The molecule has 0 spiro atoms. The standard InChI is InChI=1S/C10H12N2O/c11-9-5-10(6-9,13-7-9)8-1-3-12-4-2-8/h1-4H,5-7,11H2. The molecule has 3 heteroatoms. The van der Waals surface area contributed by atoms with Crippen LogP contribution in [0.5, 0.6) is 0 Å². The Morgan fingerprint density at radius 3 is 2.54 bits per heavy atom. The Kier molecular flexibility index (Phi) is 1.21. The molecule has 2 N–H and O–H groups in total. The van der Waals surface area contributed by atoms with Crippen LogP contribution in [0.3, 0.4) is 0 Å². The van der Waals surface area contributed by atoms with Crippen molar-refractivity contribution in [1.29, 1.82) is 0 Å². The summed E-state index contributed by atoms with van der Waals surface area (Å²) in [5.41, 5.74) is 7.14. The van der Waals surface area contributed by atoms with Gasteiger partial charge in [0.2, 0.25) is 0 Å². The quantitative estimate of drug-likeness (QED) is 0.688. The van der Waals surface area contributed by atoms with E-state index in [1.165, 1.54) is 5.56 Å². The summed E-state index contributed by atoms with van der Waals surface area (Å²) in [6.07, 6.45) is 5.54. The number of fused-ring (bicyclic) bond motifs is 1. The van der Waals surface area contributed by atoms with Gasteiger partial charge in [-0.25, -0.2) is 0 Å². The fourth-order valence-corrected chi connectivity index (χ4v) is 2.51. The van der Waals surface area contributed by atoms with Gasteiger partial charge in [-0.3, -0.25) is 4.98 Å². The Morgan fingerprint density at radius 1 is 1.31 bits per heavy atom. The van der Waals surface area contributed by atoms with Gasteiger partial charge < -0.3 is 10.5 Å². The van der Waals surface area contributed by atoms with Crippen molar-refractivity contribution >= 4 is 0 Å². The Bertz CT molecular complexity index is 330. The summed E-state index contributed by atoms with van der Waals surface area (Å²) in [5.74, 6) is 0. The van der Waals surface area contributed by atoms with Crippen LogP contribution < -0.4 is 5.73 Å². The number of nitrogens with zero attached hydrogens (tertiary/aromatic N) is 1. The predicted molar refractivity (Wildman–Crippen MR) is 48.0 cm³/mol. The maximum atomic E-state index is 6.03. The van der Waals surface area contributed by atoms with Crippen molar-refractivity contribution in [2.24, 2.45) is 5.73 Å². The van der Waals surface area contributed by atoms with E-state index in [0.717, 1.165) is 12.8 Å². The monoisotopic (exact) mass is 176 g/mol. The van der Waals surface area contributed by atoms with Crippen molar-refractivity contribution in [3.63, 3.8) is 0 Å². The average molecular weight is 176 g/mol. The van der Waals surface area contributed by atoms with Gasteiger partial charge in [-0.1, -0.05) is 0 Å². The molecule has 2 saturated heterocycles. The van der Waals surface area contributed by atoms with Gasteiger partial charge in [-0.2, -0.15) is 0 Å². The molecule has 2 aliphatic heterocycles. The van der Waals surface area contributed by atoms with Crippen LogP contribution in [-0.4, -0.2) is 17.1 Å². The molecule has 0 radical (unpaired) electrons. The summed E-state index contributed by atoms with van der Waals surface area (Å²) in [4.78, 5) is 4.00. The van der Waals surface area contributed by atoms with E-state index in [-0.39, 0.29) is 11.1 Å². The zero-order valence-corrected chi connectivity index (χ0v) is 7.36. The van der Waals surface area contributed by atoms with Crippen LogP contribution in [0.2, 0.25) is 0 Å². The van der Waals surface area contributed by atoms with E-state index in [2.05, 4.69) is 4.98 Å². The lowest BCUT2D eigenvalue weighted by molar-refractivity contribution is -0.00642. The summed E-state index contributed by atoms with van der Waals surface area (Å²) in [6, 6.07) is 4.04. The molecule has 13 heavy (non-hydrogen) atoms. The molecule has 3 aliphatic rings. The fraction of sp³-hybridized carbons (Fsp3) is 0.500. The molecule has 0 aromatic carbocycles. The molecule has 1 aromatic heterocycles. The van der Waals surface area contributed by atoms with E-state index in [1.54, 1.807) is 0 Å². The second-order valence-electron chi connectivity index (χ2n) is 4.23. The van der Waals surface area contributed by atoms with Gasteiger partial charge in [0, 0.05) is 30.8 Å². The van der Waals surface area contributed by atoms with E-state index in [4.69, 9.17) is 10.5 Å². The highest BCUT2D eigenvalue weighted by molar-refractivity contribution is 5.30. The minimum absolute atomic E-state index is 0.0384. The molecule has 0 unspecified atom stereocenters. The zero-order chi connectivity index (χ0) is 8.94. The smallest absolute Gasteiger partial charge is 0.0970 e. The summed E-state index contributed by atoms with van der Waals surface area (Å²) in [7, 11) is 0. The topological polar surface area (TPSA) is 48.1 Å². The largest absolute Gasteiger partial charge is 0.368 e. The summed E-state index contributed by atoms with van der Waals surface area (Å²) in [6.45, 7) is 0.704. The number of ether oxygens (including phenoxy) is 1. The summed E-state index contributed by atoms with van der Waals surface area (Å²) in [5, 5.41) is 0. The number of rotatable bonds is 1. The van der Waals surface area contributed by atoms with Crippen molar-refractivity contribution in [2.75, 3.05) is 6.61 Å². The van der Waals surface area contributed by atoms with Gasteiger partial charge in [-0.05, 0) is 17.7 Å². The molecule has 1 aromatic rings. The Balaban J connectivity index is 1.97. The van der Waals surface area contributed by atoms with Gasteiger partial charge in [0.25, 0.3) is 0 Å². The molecule has 2 bridgehead atoms. The number of hydrogen-bond donors (Lipinski definition) is 1. The van der Waals surface area contributed by atoms with E-state index in [1.807, 2.05) is 24.5 Å². The first-order valence-electron chi connectivity index (χ1n) is 4.56. The Morgan fingerprint density at radius 2 is 2.00 bits per heavy atom. The van der Waals surface area contributed by atoms with Gasteiger partial charge in [0.05, 0.1) is 12.2 Å². The van der Waals surface area contributed by atoms with Crippen LogP contribution in [0.15, 0.2) is 24.5 Å². The third-order valence-corrected chi connectivity index (χ3v) is 3.12. The number of pyridine rings is 1. The second-order valence-corrected chi connectivity index (χ2v) is 4.23. The van der Waals surface area contributed by atoms with Crippen molar-refractivity contribution in [2.45, 2.75) is 24.0 Å². The van der Waals surface area contributed by atoms with E-state index >= 15 is 0 Å². The fourth-order valence-electron chi connectivity index (χ4n) is 2.51. The van der Waals surface area contributed by atoms with Crippen LogP contribution in [-0.2, 0) is 10.3 Å². The third-order valence-electron chi connectivity index (χ3n) is 3.12. The zero-order valence-electron chi connectivity index (χ0n) is 7.36. The minimum atomic E-state index is -0.0717. The molecule has 0 amide bonds. The van der Waals surface area contributed by atoms with Crippen molar-refractivity contribution in [3.05, 3.63) is 30.1 Å². The van der Waals surface area contributed by atoms with Gasteiger partial charge in [0.15, 0.2) is 0 Å². The number of hydrogen-bond acceptors (Lipinski definition) is 3. The van der Waals surface area contributed by atoms with E-state index in [0.29, 0.717) is 6.61 Å². The normalized spacial score (nSPS) is 41.6. The van der Waals surface area contributed by atoms with Gasteiger partial charge in [-0.15, -0.1) is 0 Å². The lowest BCUT2D eigenvalue weighted by atomic mass is 9.66. The molecule has 1 saturated carbocycles.